The lowest BCUT2D eigenvalue weighted by Crippen LogP contribution is -2.03. The molecule has 0 spiro atoms. The summed E-state index contributed by atoms with van der Waals surface area (Å²) in [4.78, 5) is 1.09. The van der Waals surface area contributed by atoms with Crippen molar-refractivity contribution in [3.05, 3.63) is 39.8 Å². The molecule has 86 valence electrons. The largest absolute Gasteiger partial charge is 0.388 e. The molecule has 16 heavy (non-hydrogen) atoms. The molecule has 0 aliphatic rings. The Labute approximate surface area is 99.4 Å². The van der Waals surface area contributed by atoms with Crippen molar-refractivity contribution >= 4 is 11.3 Å². The Hall–Kier alpha value is -1.13. The second-order valence-corrected chi connectivity index (χ2v) is 4.92. The van der Waals surface area contributed by atoms with Gasteiger partial charge in [0.25, 0.3) is 0 Å². The van der Waals surface area contributed by atoms with Crippen molar-refractivity contribution in [3.8, 4) is 0 Å². The molecule has 0 fully saturated rings. The molecular formula is C12H16N2OS. The topological polar surface area (TPSA) is 38.1 Å². The predicted octanol–water partition coefficient (Wildman–Crippen LogP) is 2.46. The fourth-order valence-corrected chi connectivity index (χ4v) is 2.74. The predicted molar refractivity (Wildman–Crippen MR) is 65.5 cm³/mol. The van der Waals surface area contributed by atoms with Gasteiger partial charge in [0.1, 0.15) is 0 Å². The van der Waals surface area contributed by atoms with Gasteiger partial charge in [0.15, 0.2) is 0 Å². The van der Waals surface area contributed by atoms with E-state index in [0.29, 0.717) is 0 Å². The quantitative estimate of drug-likeness (QED) is 0.885. The summed E-state index contributed by atoms with van der Waals surface area (Å²) in [6, 6.07) is 4.04. The minimum atomic E-state index is -0.352. The molecule has 0 saturated heterocycles. The van der Waals surface area contributed by atoms with Crippen LogP contribution in [-0.2, 0) is 13.5 Å². The number of aromatic nitrogens is 2. The highest BCUT2D eigenvalue weighted by Gasteiger charge is 2.12. The molecule has 0 saturated carbocycles. The summed E-state index contributed by atoms with van der Waals surface area (Å²) < 4.78 is 1.86. The van der Waals surface area contributed by atoms with Crippen LogP contribution in [0.5, 0.6) is 0 Å². The molecule has 2 aromatic heterocycles. The first-order chi connectivity index (χ1) is 7.68. The molecule has 1 N–H and O–H groups in total. The summed E-state index contributed by atoms with van der Waals surface area (Å²) in [5, 5.41) is 16.2. The molecule has 2 heterocycles. The number of nitrogens with zero attached hydrogens (tertiary/aromatic N) is 2. The van der Waals surface area contributed by atoms with E-state index in [4.69, 9.17) is 0 Å². The van der Waals surface area contributed by atoms with Crippen molar-refractivity contribution in [1.82, 2.24) is 9.78 Å². The minimum absolute atomic E-state index is 0.352. The maximum atomic E-state index is 10.1. The number of rotatable bonds is 4. The lowest BCUT2D eigenvalue weighted by molar-refractivity contribution is 0.170. The first kappa shape index (κ1) is 11.4. The van der Waals surface area contributed by atoms with Crippen LogP contribution in [-0.4, -0.2) is 14.9 Å². The van der Waals surface area contributed by atoms with Gasteiger partial charge in [-0.1, -0.05) is 0 Å². The van der Waals surface area contributed by atoms with Crippen molar-refractivity contribution in [3.63, 3.8) is 0 Å². The average Bonchev–Trinajstić information content (AvgIpc) is 2.84. The summed E-state index contributed by atoms with van der Waals surface area (Å²) in [7, 11) is 1.93. The van der Waals surface area contributed by atoms with E-state index >= 15 is 0 Å². The van der Waals surface area contributed by atoms with Gasteiger partial charge in [-0.3, -0.25) is 4.68 Å². The smallest absolute Gasteiger partial charge is 0.0888 e. The zero-order chi connectivity index (χ0) is 11.5. The second kappa shape index (κ2) is 4.80. The molecule has 1 atom stereocenters. The van der Waals surface area contributed by atoms with Crippen molar-refractivity contribution in [2.45, 2.75) is 25.9 Å². The average molecular weight is 236 g/mol. The van der Waals surface area contributed by atoms with Gasteiger partial charge in [-0.05, 0) is 42.8 Å². The van der Waals surface area contributed by atoms with Gasteiger partial charge in [0, 0.05) is 23.8 Å². The molecule has 2 rings (SSSR count). The molecule has 3 nitrogen and oxygen atoms in total. The van der Waals surface area contributed by atoms with Crippen molar-refractivity contribution in [2.24, 2.45) is 7.05 Å². The summed E-state index contributed by atoms with van der Waals surface area (Å²) >= 11 is 1.63. The Morgan fingerprint density at radius 2 is 2.31 bits per heavy atom. The van der Waals surface area contributed by atoms with Gasteiger partial charge in [-0.25, -0.2) is 0 Å². The van der Waals surface area contributed by atoms with Crippen LogP contribution in [0.1, 0.15) is 28.7 Å². The van der Waals surface area contributed by atoms with Gasteiger partial charge >= 0.3 is 0 Å². The van der Waals surface area contributed by atoms with Crippen molar-refractivity contribution in [1.29, 1.82) is 0 Å². The summed E-state index contributed by atoms with van der Waals surface area (Å²) in [5.74, 6) is 0. The maximum Gasteiger partial charge on any atom is 0.0888 e. The summed E-state index contributed by atoms with van der Waals surface area (Å²) in [6.45, 7) is 2.04. The van der Waals surface area contributed by atoms with E-state index in [0.717, 1.165) is 23.4 Å². The van der Waals surface area contributed by atoms with E-state index < -0.39 is 0 Å². The third-order valence-corrected chi connectivity index (χ3v) is 3.92. The Balaban J connectivity index is 1.97. The molecule has 4 heteroatoms. The van der Waals surface area contributed by atoms with E-state index in [9.17, 15) is 5.11 Å². The van der Waals surface area contributed by atoms with Gasteiger partial charge in [-0.2, -0.15) is 5.10 Å². The van der Waals surface area contributed by atoms with E-state index in [1.807, 2.05) is 36.2 Å². The monoisotopic (exact) mass is 236 g/mol. The van der Waals surface area contributed by atoms with Crippen LogP contribution in [0.2, 0.25) is 0 Å². The van der Waals surface area contributed by atoms with Gasteiger partial charge in [0.05, 0.1) is 6.10 Å². The van der Waals surface area contributed by atoms with Crippen LogP contribution in [0, 0.1) is 6.92 Å². The second-order valence-electron chi connectivity index (χ2n) is 3.97. The number of hydrogen-bond donors (Lipinski definition) is 1. The first-order valence-electron chi connectivity index (χ1n) is 5.37. The van der Waals surface area contributed by atoms with Crippen molar-refractivity contribution < 1.29 is 5.11 Å². The molecule has 0 aromatic carbocycles. The number of aliphatic hydroxyl groups is 1. The highest BCUT2D eigenvalue weighted by molar-refractivity contribution is 7.10. The zero-order valence-corrected chi connectivity index (χ0v) is 10.4. The summed E-state index contributed by atoms with van der Waals surface area (Å²) in [6.07, 6.45) is 3.04. The highest BCUT2D eigenvalue weighted by Crippen LogP contribution is 2.26. The molecule has 1 unspecified atom stereocenters. The zero-order valence-electron chi connectivity index (χ0n) is 9.55. The van der Waals surface area contributed by atoms with Gasteiger partial charge in [-0.15, -0.1) is 11.3 Å². The molecule has 0 aliphatic heterocycles. The molecule has 0 amide bonds. The number of aryl methyl sites for hydroxylation is 3. The lowest BCUT2D eigenvalue weighted by Gasteiger charge is -2.09. The van der Waals surface area contributed by atoms with Crippen LogP contribution in [0.25, 0.3) is 0 Å². The van der Waals surface area contributed by atoms with Crippen LogP contribution in [0.15, 0.2) is 23.7 Å². The van der Waals surface area contributed by atoms with Crippen LogP contribution in [0.3, 0.4) is 0 Å². The Bertz CT molecular complexity index is 461. The Morgan fingerprint density at radius 3 is 2.88 bits per heavy atom. The Morgan fingerprint density at radius 1 is 1.50 bits per heavy atom. The maximum absolute atomic E-state index is 10.1. The fourth-order valence-electron chi connectivity index (χ4n) is 1.79. The lowest BCUT2D eigenvalue weighted by atomic mass is 10.1. The van der Waals surface area contributed by atoms with Crippen LogP contribution in [0.4, 0.5) is 0 Å². The standard InChI is InChI=1S/C12H16N2OS/c1-9-6-8-16-12(9)11(15)4-3-10-5-7-13-14(10)2/h5-8,11,15H,3-4H2,1-2H3. The third kappa shape index (κ3) is 2.33. The Kier molecular flexibility index (Phi) is 3.41. The van der Waals surface area contributed by atoms with Crippen LogP contribution >= 0.6 is 11.3 Å². The SMILES string of the molecule is Cc1ccsc1C(O)CCc1ccnn1C. The first-order valence-corrected chi connectivity index (χ1v) is 6.25. The number of hydrogen-bond acceptors (Lipinski definition) is 3. The fraction of sp³-hybridized carbons (Fsp3) is 0.417. The molecule has 0 bridgehead atoms. The van der Waals surface area contributed by atoms with E-state index in [2.05, 4.69) is 5.10 Å². The summed E-state index contributed by atoms with van der Waals surface area (Å²) in [5.41, 5.74) is 2.34. The van der Waals surface area contributed by atoms with E-state index in [1.165, 1.54) is 5.56 Å². The highest BCUT2D eigenvalue weighted by atomic mass is 32.1. The van der Waals surface area contributed by atoms with Crippen molar-refractivity contribution in [2.75, 3.05) is 0 Å². The number of thiophene rings is 1. The van der Waals surface area contributed by atoms with E-state index in [-0.39, 0.29) is 6.10 Å². The minimum Gasteiger partial charge on any atom is -0.388 e. The molecule has 0 radical (unpaired) electrons. The van der Waals surface area contributed by atoms with Crippen LogP contribution < -0.4 is 0 Å². The normalized spacial score (nSPS) is 12.9. The molecular weight excluding hydrogens is 220 g/mol. The molecule has 0 aliphatic carbocycles. The third-order valence-electron chi connectivity index (χ3n) is 2.80. The number of aliphatic hydroxyl groups excluding tert-OH is 1. The van der Waals surface area contributed by atoms with Gasteiger partial charge < -0.3 is 5.11 Å². The van der Waals surface area contributed by atoms with Gasteiger partial charge in [0.2, 0.25) is 0 Å². The molecule has 2 aromatic rings. The van der Waals surface area contributed by atoms with E-state index in [1.54, 1.807) is 17.5 Å².